The number of nitrogen functional groups attached to an aromatic ring is 1. The molecule has 0 saturated heterocycles. The molecule has 6 N–H and O–H groups in total. The lowest BCUT2D eigenvalue weighted by molar-refractivity contribution is 0.593. The third-order valence-corrected chi connectivity index (χ3v) is 11.8. The Hall–Kier alpha value is -6.46. The maximum absolute atomic E-state index is 11.4. The number of H-pyrrole nitrogens is 3. The summed E-state index contributed by atoms with van der Waals surface area (Å²) in [6, 6.07) is 32.2. The number of rotatable bonds is 5. The van der Waals surface area contributed by atoms with Crippen LogP contribution >= 0.6 is 34.3 Å². The average Bonchev–Trinajstić information content (AvgIpc) is 4.00. The van der Waals surface area contributed by atoms with Crippen LogP contribution in [0.3, 0.4) is 0 Å². The van der Waals surface area contributed by atoms with Gasteiger partial charge < -0.3 is 11.1 Å². The lowest BCUT2D eigenvalue weighted by Gasteiger charge is -2.08. The number of nitrogens with one attached hydrogen (secondary N) is 4. The van der Waals surface area contributed by atoms with Gasteiger partial charge >= 0.3 is 5.69 Å². The van der Waals surface area contributed by atoms with E-state index in [1.54, 1.807) is 34.9 Å². The van der Waals surface area contributed by atoms with E-state index in [0.29, 0.717) is 5.82 Å². The first-order valence-corrected chi connectivity index (χ1v) is 20.7. The van der Waals surface area contributed by atoms with Gasteiger partial charge in [-0.25, -0.2) is 28.2 Å². The van der Waals surface area contributed by atoms with Crippen LogP contribution in [0.1, 0.15) is 0 Å². The van der Waals surface area contributed by atoms with Crippen molar-refractivity contribution in [2.75, 3.05) is 17.3 Å². The second kappa shape index (κ2) is 15.3. The van der Waals surface area contributed by atoms with Gasteiger partial charge in [0, 0.05) is 71.1 Å². The fourth-order valence-corrected chi connectivity index (χ4v) is 8.80. The van der Waals surface area contributed by atoms with E-state index in [9.17, 15) is 13.2 Å². The Balaban J connectivity index is 0.000000129. The second-order valence-corrected chi connectivity index (χ2v) is 16.9. The molecule has 4 aromatic carbocycles. The van der Waals surface area contributed by atoms with Gasteiger partial charge in [0.2, 0.25) is 15.0 Å². The van der Waals surface area contributed by atoms with E-state index in [4.69, 9.17) is 17.3 Å². The first kappa shape index (κ1) is 36.5. The molecule has 0 fully saturated rings. The predicted molar refractivity (Wildman–Crippen MR) is 227 cm³/mol. The van der Waals surface area contributed by atoms with Crippen LogP contribution in [-0.2, 0) is 9.84 Å². The molecule has 6 heterocycles. The maximum atomic E-state index is 11.4. The summed E-state index contributed by atoms with van der Waals surface area (Å²) in [7, 11) is -3.33. The molecule has 278 valence electrons. The number of aromatic amines is 3. The molecule has 0 atom stereocenters. The van der Waals surface area contributed by atoms with Gasteiger partial charge in [-0.05, 0) is 71.4 Å². The van der Waals surface area contributed by atoms with Crippen LogP contribution in [0.2, 0.25) is 5.15 Å². The van der Waals surface area contributed by atoms with Crippen molar-refractivity contribution < 1.29 is 8.42 Å². The van der Waals surface area contributed by atoms with E-state index in [-0.39, 0.29) is 16.0 Å². The number of anilines is 3. The molecule has 10 rings (SSSR count). The zero-order valence-electron chi connectivity index (χ0n) is 29.2. The first-order chi connectivity index (χ1) is 27.1. The highest BCUT2D eigenvalue weighted by atomic mass is 35.5. The highest BCUT2D eigenvalue weighted by Crippen LogP contribution is 2.39. The molecule has 10 aromatic rings. The first-order valence-electron chi connectivity index (χ1n) is 16.8. The topological polar surface area (TPSA) is 201 Å². The molecule has 0 spiro atoms. The summed E-state index contributed by atoms with van der Waals surface area (Å²) >= 11 is 8.95. The number of nitrogens with zero attached hydrogens (tertiary/aromatic N) is 5. The van der Waals surface area contributed by atoms with Gasteiger partial charge in [-0.15, -0.1) is 22.7 Å². The van der Waals surface area contributed by atoms with E-state index >= 15 is 0 Å². The molecule has 0 aliphatic heterocycles. The molecule has 6 aromatic heterocycles. The third kappa shape index (κ3) is 7.99. The highest BCUT2D eigenvalue weighted by Gasteiger charge is 2.13. The van der Waals surface area contributed by atoms with E-state index in [0.717, 1.165) is 55.4 Å². The van der Waals surface area contributed by atoms with Crippen molar-refractivity contribution in [1.29, 1.82) is 0 Å². The van der Waals surface area contributed by atoms with E-state index < -0.39 is 9.84 Å². The van der Waals surface area contributed by atoms with Crippen molar-refractivity contribution in [2.45, 2.75) is 5.16 Å². The highest BCUT2D eigenvalue weighted by molar-refractivity contribution is 7.90. The Morgan fingerprint density at radius 1 is 0.714 bits per heavy atom. The number of halogens is 1. The van der Waals surface area contributed by atoms with Crippen LogP contribution in [0, 0.1) is 0 Å². The predicted octanol–water partition coefficient (Wildman–Crippen LogP) is 8.83. The van der Waals surface area contributed by atoms with Crippen LogP contribution in [0.25, 0.3) is 62.9 Å². The van der Waals surface area contributed by atoms with Crippen LogP contribution in [-0.4, -0.2) is 55.0 Å². The van der Waals surface area contributed by atoms with Gasteiger partial charge in [0.1, 0.15) is 11.0 Å². The summed E-state index contributed by atoms with van der Waals surface area (Å²) in [4.78, 5) is 27.2. The second-order valence-electron chi connectivity index (χ2n) is 12.4. The molecule has 13 nitrogen and oxygen atoms in total. The minimum Gasteiger partial charge on any atom is -0.399 e. The van der Waals surface area contributed by atoms with Crippen molar-refractivity contribution in [3.63, 3.8) is 0 Å². The number of sulfone groups is 1. The van der Waals surface area contributed by atoms with Gasteiger partial charge in [-0.1, -0.05) is 48.0 Å². The number of hydrogen-bond donors (Lipinski definition) is 5. The van der Waals surface area contributed by atoms with E-state index in [1.165, 1.54) is 43.5 Å². The molecule has 0 unspecified atom stereocenters. The summed E-state index contributed by atoms with van der Waals surface area (Å²) in [6.45, 7) is 0. The molecule has 0 amide bonds. The molecule has 56 heavy (non-hydrogen) atoms. The van der Waals surface area contributed by atoms with Crippen LogP contribution < -0.4 is 16.7 Å². The number of nitrogens with two attached hydrogens (primary N) is 1. The molecule has 0 bridgehead atoms. The van der Waals surface area contributed by atoms with Crippen LogP contribution in [0.5, 0.6) is 0 Å². The number of benzene rings is 4. The Bertz CT molecular complexity index is 3120. The monoisotopic (exact) mass is 816 g/mol. The smallest absolute Gasteiger partial charge is 0.346 e. The lowest BCUT2D eigenvalue weighted by atomic mass is 10.1. The zero-order chi connectivity index (χ0) is 38.8. The fourth-order valence-electron chi connectivity index (χ4n) is 5.92. The van der Waals surface area contributed by atoms with Gasteiger partial charge in [0.15, 0.2) is 0 Å². The standard InChI is InChI=1S/C19H13N5OS.C15H11N3S.C5H5ClN2O2S/c25-19-20-6-5-17(23-19)22-13-7-12-10-21-24-18(12)14(9-13)16-8-11-3-1-2-4-15(11)26-16;16-11-5-10-8-17-18-15(10)12(7-11)14-6-9-3-1-2-4-13(9)19-14;1-11(9,10)5-7-3-2-4(6)8-5/h1-10H,(H,21,24)(H2,20,22,23,25);1-8H,16H2,(H,17,18);2-3H,1H3. The number of hydrogen-bond acceptors (Lipinski definition) is 12. The van der Waals surface area contributed by atoms with E-state index in [1.807, 2.05) is 36.5 Å². The molecule has 17 heteroatoms. The van der Waals surface area contributed by atoms with Crippen LogP contribution in [0.15, 0.2) is 132 Å². The largest absolute Gasteiger partial charge is 0.399 e. The van der Waals surface area contributed by atoms with Gasteiger partial charge in [-0.3, -0.25) is 15.2 Å². The van der Waals surface area contributed by atoms with Gasteiger partial charge in [-0.2, -0.15) is 10.2 Å². The quantitative estimate of drug-likeness (QED) is 0.0635. The van der Waals surface area contributed by atoms with Crippen LogP contribution in [0.4, 0.5) is 17.2 Å². The molecular formula is C39H29ClN10O3S3. The van der Waals surface area contributed by atoms with E-state index in [2.05, 4.69) is 100 Å². The lowest BCUT2D eigenvalue weighted by Crippen LogP contribution is -2.10. The summed E-state index contributed by atoms with van der Waals surface area (Å²) in [5, 5.41) is 22.1. The zero-order valence-corrected chi connectivity index (χ0v) is 32.4. The molecule has 0 aliphatic carbocycles. The van der Waals surface area contributed by atoms with Crippen molar-refractivity contribution in [3.05, 3.63) is 137 Å². The third-order valence-electron chi connectivity index (χ3n) is 8.39. The minimum atomic E-state index is -3.33. The maximum Gasteiger partial charge on any atom is 0.346 e. The summed E-state index contributed by atoms with van der Waals surface area (Å²) in [5.41, 5.74) is 11.4. The minimum absolute atomic E-state index is 0.125. The fraction of sp³-hybridized carbons (Fsp3) is 0.0256. The summed E-state index contributed by atoms with van der Waals surface area (Å²) in [6.07, 6.45) is 7.41. The van der Waals surface area contributed by atoms with Gasteiger partial charge in [0.05, 0.1) is 23.4 Å². The van der Waals surface area contributed by atoms with Crippen molar-refractivity contribution >= 4 is 103 Å². The molecule has 0 aliphatic rings. The Morgan fingerprint density at radius 2 is 1.30 bits per heavy atom. The normalized spacial score (nSPS) is 11.3. The molecule has 0 saturated carbocycles. The number of fused-ring (bicyclic) bond motifs is 4. The number of aromatic nitrogens is 8. The average molecular weight is 817 g/mol. The number of thiophene rings is 2. The van der Waals surface area contributed by atoms with Gasteiger partial charge in [0.25, 0.3) is 0 Å². The summed E-state index contributed by atoms with van der Waals surface area (Å²) in [5.74, 6) is 0.593. The van der Waals surface area contributed by atoms with Crippen molar-refractivity contribution in [1.82, 2.24) is 40.3 Å². The molecular weight excluding hydrogens is 788 g/mol. The van der Waals surface area contributed by atoms with Crippen molar-refractivity contribution in [3.8, 4) is 20.9 Å². The summed E-state index contributed by atoms with van der Waals surface area (Å²) < 4.78 is 24.1. The Labute approximate surface area is 331 Å². The SMILES string of the molecule is CS(=O)(=O)c1nccc(Cl)n1.Nc1cc(-c2cc3ccccc3s2)c2[nH]ncc2c1.O=c1nccc(Nc2cc(-c3cc4ccccc4s3)c3[nH]ncc3c2)[nH]1. The Kier molecular flexibility index (Phi) is 10.0. The van der Waals surface area contributed by atoms with Crippen molar-refractivity contribution in [2.24, 2.45) is 0 Å². The Morgan fingerprint density at radius 3 is 1.88 bits per heavy atom. The molecule has 0 radical (unpaired) electrons.